The van der Waals surface area contributed by atoms with Gasteiger partial charge in [-0.05, 0) is 6.92 Å². The van der Waals surface area contributed by atoms with Gasteiger partial charge in [0.25, 0.3) is 0 Å². The molecule has 0 N–H and O–H groups in total. The number of benzene rings is 1. The Labute approximate surface area is 100 Å². The minimum absolute atomic E-state index is 0.186. The highest BCUT2D eigenvalue weighted by atomic mass is 16.6. The molecule has 0 saturated heterocycles. The fraction of sp³-hybridized carbons (Fsp3) is 0.231. The molecule has 1 aromatic carbocycles. The molecule has 0 aromatic heterocycles. The Morgan fingerprint density at radius 2 is 1.76 bits per heavy atom. The highest BCUT2D eigenvalue weighted by Gasteiger charge is 2.08. The van der Waals surface area contributed by atoms with Crippen LogP contribution in [-0.2, 0) is 4.74 Å². The quantitative estimate of drug-likeness (QED) is 0.457. The summed E-state index contributed by atoms with van der Waals surface area (Å²) in [6.07, 6.45) is 0.802. The van der Waals surface area contributed by atoms with Crippen molar-refractivity contribution in [3.05, 3.63) is 47.7 Å². The van der Waals surface area contributed by atoms with Crippen molar-refractivity contribution in [2.24, 2.45) is 0 Å². The maximum atomic E-state index is 11.7. The molecule has 4 heteroatoms. The number of allylic oxidation sites excluding steroid dienone is 2. The van der Waals surface area contributed by atoms with Gasteiger partial charge < -0.3 is 9.64 Å². The zero-order chi connectivity index (χ0) is 12.8. The van der Waals surface area contributed by atoms with Crippen molar-refractivity contribution < 1.29 is 14.3 Å². The van der Waals surface area contributed by atoms with Crippen LogP contribution in [0.3, 0.4) is 0 Å². The van der Waals surface area contributed by atoms with Gasteiger partial charge in [0.15, 0.2) is 5.78 Å². The average molecular weight is 233 g/mol. The van der Waals surface area contributed by atoms with E-state index in [9.17, 15) is 9.59 Å². The maximum Gasteiger partial charge on any atom is 0.414 e. The van der Waals surface area contributed by atoms with Gasteiger partial charge in [-0.15, -0.1) is 0 Å². The smallest absolute Gasteiger partial charge is 0.414 e. The number of ketones is 1. The number of carbonyl (C=O) groups excluding carboxylic acids is 2. The second-order valence-corrected chi connectivity index (χ2v) is 3.75. The molecule has 0 unspecified atom stereocenters. The van der Waals surface area contributed by atoms with Crippen LogP contribution in [0, 0.1) is 0 Å². The molecule has 0 saturated carbocycles. The second kappa shape index (κ2) is 5.84. The fourth-order valence-corrected chi connectivity index (χ4v) is 1.13. The minimum atomic E-state index is -0.500. The molecule has 1 aromatic rings. The molecule has 0 radical (unpaired) electrons. The van der Waals surface area contributed by atoms with E-state index in [4.69, 9.17) is 4.74 Å². The van der Waals surface area contributed by atoms with Gasteiger partial charge in [0.2, 0.25) is 0 Å². The van der Waals surface area contributed by atoms with Crippen molar-refractivity contribution in [1.29, 1.82) is 0 Å². The summed E-state index contributed by atoms with van der Waals surface area (Å²) in [7, 11) is 3.16. The predicted octanol–water partition coefficient (Wildman–Crippen LogP) is 2.47. The molecule has 0 atom stereocenters. The Morgan fingerprint density at radius 3 is 2.29 bits per heavy atom. The van der Waals surface area contributed by atoms with Crippen LogP contribution in [0.4, 0.5) is 4.79 Å². The summed E-state index contributed by atoms with van der Waals surface area (Å²) >= 11 is 0. The molecule has 0 aliphatic heterocycles. The number of hydrogen-bond donors (Lipinski definition) is 0. The van der Waals surface area contributed by atoms with Crippen LogP contribution in [0.15, 0.2) is 42.2 Å². The Bertz CT molecular complexity index is 435. The van der Waals surface area contributed by atoms with Crippen molar-refractivity contribution >= 4 is 11.9 Å². The molecule has 1 rings (SSSR count). The number of rotatable bonds is 3. The first kappa shape index (κ1) is 13.0. The van der Waals surface area contributed by atoms with Gasteiger partial charge in [-0.25, -0.2) is 4.79 Å². The minimum Gasteiger partial charge on any atom is -0.415 e. The fourth-order valence-electron chi connectivity index (χ4n) is 1.13. The number of nitrogens with zero attached hydrogens (tertiary/aromatic N) is 1. The first-order valence-corrected chi connectivity index (χ1v) is 5.17. The lowest BCUT2D eigenvalue weighted by Gasteiger charge is -2.10. The largest absolute Gasteiger partial charge is 0.415 e. The van der Waals surface area contributed by atoms with E-state index < -0.39 is 6.09 Å². The second-order valence-electron chi connectivity index (χ2n) is 3.75. The van der Waals surface area contributed by atoms with E-state index in [2.05, 4.69) is 0 Å². The Kier molecular flexibility index (Phi) is 4.46. The highest BCUT2D eigenvalue weighted by Crippen LogP contribution is 2.05. The van der Waals surface area contributed by atoms with Gasteiger partial charge >= 0.3 is 6.09 Å². The molecule has 0 aliphatic rings. The molecule has 17 heavy (non-hydrogen) atoms. The number of carbonyl (C=O) groups is 2. The van der Waals surface area contributed by atoms with Crippen LogP contribution in [-0.4, -0.2) is 30.9 Å². The van der Waals surface area contributed by atoms with E-state index in [0.717, 1.165) is 0 Å². The van der Waals surface area contributed by atoms with Crippen LogP contribution in [0.2, 0.25) is 0 Å². The molecule has 0 heterocycles. The van der Waals surface area contributed by atoms with Crippen LogP contribution < -0.4 is 0 Å². The summed E-state index contributed by atoms with van der Waals surface area (Å²) in [5, 5.41) is 0. The van der Waals surface area contributed by atoms with Gasteiger partial charge in [0, 0.05) is 25.7 Å². The third kappa shape index (κ3) is 4.10. The Hall–Kier alpha value is -2.10. The van der Waals surface area contributed by atoms with E-state index in [0.29, 0.717) is 5.56 Å². The van der Waals surface area contributed by atoms with Crippen LogP contribution in [0.25, 0.3) is 0 Å². The van der Waals surface area contributed by atoms with Crippen molar-refractivity contribution in [2.45, 2.75) is 6.92 Å². The van der Waals surface area contributed by atoms with Crippen LogP contribution in [0.5, 0.6) is 0 Å². The molecule has 0 aliphatic carbocycles. The average Bonchev–Trinajstić information content (AvgIpc) is 2.29. The lowest BCUT2D eigenvalue weighted by atomic mass is 10.1. The van der Waals surface area contributed by atoms with Gasteiger partial charge in [0.1, 0.15) is 5.76 Å². The summed E-state index contributed by atoms with van der Waals surface area (Å²) in [6.45, 7) is 1.57. The molecule has 4 nitrogen and oxygen atoms in total. The van der Waals surface area contributed by atoms with Crippen molar-refractivity contribution in [2.75, 3.05) is 14.1 Å². The normalized spacial score (nSPS) is 10.9. The molecule has 90 valence electrons. The lowest BCUT2D eigenvalue weighted by molar-refractivity contribution is 0.104. The van der Waals surface area contributed by atoms with Gasteiger partial charge in [-0.2, -0.15) is 0 Å². The Morgan fingerprint density at radius 1 is 1.18 bits per heavy atom. The standard InChI is InChI=1S/C13H15NO3/c1-10(17-13(16)14(2)3)9-12(15)11-7-5-4-6-8-11/h4-9H,1-3H3/b10-9+. The summed E-state index contributed by atoms with van der Waals surface area (Å²) in [6, 6.07) is 8.81. The summed E-state index contributed by atoms with van der Waals surface area (Å²) in [5.41, 5.74) is 0.563. The maximum absolute atomic E-state index is 11.7. The molecule has 0 spiro atoms. The van der Waals surface area contributed by atoms with E-state index in [1.54, 1.807) is 45.3 Å². The van der Waals surface area contributed by atoms with E-state index in [-0.39, 0.29) is 11.5 Å². The first-order chi connectivity index (χ1) is 8.00. The van der Waals surface area contributed by atoms with Crippen molar-refractivity contribution in [3.8, 4) is 0 Å². The van der Waals surface area contributed by atoms with E-state index >= 15 is 0 Å². The zero-order valence-electron chi connectivity index (χ0n) is 10.1. The summed E-state index contributed by atoms with van der Waals surface area (Å²) in [5.74, 6) is 0.0900. The molecule has 0 bridgehead atoms. The number of ether oxygens (including phenoxy) is 1. The zero-order valence-corrected chi connectivity index (χ0v) is 10.1. The van der Waals surface area contributed by atoms with E-state index in [1.807, 2.05) is 6.07 Å². The van der Waals surface area contributed by atoms with Crippen molar-refractivity contribution in [3.63, 3.8) is 0 Å². The molecular formula is C13H15NO3. The SMILES string of the molecule is C/C(=C\C(=O)c1ccccc1)OC(=O)N(C)C. The monoisotopic (exact) mass is 233 g/mol. The topological polar surface area (TPSA) is 46.6 Å². The first-order valence-electron chi connectivity index (χ1n) is 5.17. The van der Waals surface area contributed by atoms with Crippen LogP contribution >= 0.6 is 0 Å². The third-order valence-corrected chi connectivity index (χ3v) is 2.01. The lowest BCUT2D eigenvalue weighted by Crippen LogP contribution is -2.22. The highest BCUT2D eigenvalue weighted by molar-refractivity contribution is 6.04. The predicted molar refractivity (Wildman–Crippen MR) is 64.7 cm³/mol. The van der Waals surface area contributed by atoms with Crippen molar-refractivity contribution in [1.82, 2.24) is 4.90 Å². The van der Waals surface area contributed by atoms with Gasteiger partial charge in [-0.1, -0.05) is 30.3 Å². The molecule has 0 fully saturated rings. The molecular weight excluding hydrogens is 218 g/mol. The van der Waals surface area contributed by atoms with Crippen LogP contribution in [0.1, 0.15) is 17.3 Å². The molecule has 1 amide bonds. The summed E-state index contributed by atoms with van der Waals surface area (Å²) < 4.78 is 4.93. The van der Waals surface area contributed by atoms with E-state index in [1.165, 1.54) is 11.0 Å². The third-order valence-electron chi connectivity index (χ3n) is 2.01. The number of amides is 1. The number of hydrogen-bond acceptors (Lipinski definition) is 3. The van der Waals surface area contributed by atoms with Gasteiger partial charge in [-0.3, -0.25) is 4.79 Å². The Balaban J connectivity index is 2.70. The summed E-state index contributed by atoms with van der Waals surface area (Å²) in [4.78, 5) is 24.2. The van der Waals surface area contributed by atoms with Gasteiger partial charge in [0.05, 0.1) is 0 Å².